The largest absolute Gasteiger partial charge is 0.494 e. The molecule has 0 saturated carbocycles. The van der Waals surface area contributed by atoms with Gasteiger partial charge in [-0.1, -0.05) is 0 Å². The van der Waals surface area contributed by atoms with Gasteiger partial charge in [-0.2, -0.15) is 5.10 Å². The third kappa shape index (κ3) is 3.59. The zero-order valence-electron chi connectivity index (χ0n) is 13.2. The van der Waals surface area contributed by atoms with E-state index < -0.39 is 23.0 Å². The van der Waals surface area contributed by atoms with Crippen molar-refractivity contribution in [1.29, 1.82) is 0 Å². The highest BCUT2D eigenvalue weighted by molar-refractivity contribution is 5.94. The van der Waals surface area contributed by atoms with E-state index in [1.54, 1.807) is 12.1 Å². The summed E-state index contributed by atoms with van der Waals surface area (Å²) in [6.07, 6.45) is 5.25. The van der Waals surface area contributed by atoms with Crippen LogP contribution in [0, 0.1) is 0 Å². The van der Waals surface area contributed by atoms with Crippen LogP contribution in [-0.2, 0) is 6.54 Å². The highest BCUT2D eigenvalue weighted by Crippen LogP contribution is 2.11. The van der Waals surface area contributed by atoms with Gasteiger partial charge in [-0.15, -0.1) is 0 Å². The molecule has 3 aromatic rings. The van der Waals surface area contributed by atoms with Crippen molar-refractivity contribution in [2.24, 2.45) is 5.10 Å². The molecule has 3 aromatic heterocycles. The summed E-state index contributed by atoms with van der Waals surface area (Å²) < 4.78 is 6.03. The lowest BCUT2D eigenvalue weighted by Crippen LogP contribution is -2.32. The van der Waals surface area contributed by atoms with Gasteiger partial charge in [-0.25, -0.2) is 10.2 Å². The number of hydrogen-bond acceptors (Lipinski definition) is 7. The predicted octanol–water partition coefficient (Wildman–Crippen LogP) is 0.0424. The number of H-pyrrole nitrogens is 1. The van der Waals surface area contributed by atoms with Gasteiger partial charge >= 0.3 is 5.69 Å². The quantitative estimate of drug-likeness (QED) is 0.436. The van der Waals surface area contributed by atoms with Crippen molar-refractivity contribution in [3.8, 4) is 5.88 Å². The van der Waals surface area contributed by atoms with Crippen molar-refractivity contribution in [3.05, 3.63) is 80.6 Å². The number of hydrazone groups is 1. The van der Waals surface area contributed by atoms with Gasteiger partial charge < -0.3 is 9.52 Å². The number of furan rings is 1. The highest BCUT2D eigenvalue weighted by atomic mass is 16.3. The van der Waals surface area contributed by atoms with Gasteiger partial charge in [-0.3, -0.25) is 24.1 Å². The zero-order valence-corrected chi connectivity index (χ0v) is 13.2. The van der Waals surface area contributed by atoms with Gasteiger partial charge in [0.15, 0.2) is 0 Å². The first-order chi connectivity index (χ1) is 12.6. The van der Waals surface area contributed by atoms with Gasteiger partial charge in [0.05, 0.1) is 19.0 Å². The van der Waals surface area contributed by atoms with Crippen molar-refractivity contribution in [3.63, 3.8) is 0 Å². The summed E-state index contributed by atoms with van der Waals surface area (Å²) in [5.41, 5.74) is 0.600. The summed E-state index contributed by atoms with van der Waals surface area (Å²) in [6, 6.07) is 6.21. The van der Waals surface area contributed by atoms with E-state index in [0.717, 1.165) is 10.8 Å². The molecule has 0 aromatic carbocycles. The number of carbonyl (C=O) groups is 1. The fraction of sp³-hybridized carbons (Fsp3) is 0.0625. The lowest BCUT2D eigenvalue weighted by molar-refractivity contribution is 0.0955. The summed E-state index contributed by atoms with van der Waals surface area (Å²) >= 11 is 0. The van der Waals surface area contributed by atoms with Crippen LogP contribution in [0.15, 0.2) is 62.0 Å². The summed E-state index contributed by atoms with van der Waals surface area (Å²) in [5.74, 6) is -0.719. The van der Waals surface area contributed by atoms with Crippen LogP contribution in [0.4, 0.5) is 0 Å². The Hall–Kier alpha value is -3.95. The van der Waals surface area contributed by atoms with Gasteiger partial charge in [-0.05, 0) is 24.3 Å². The minimum atomic E-state index is -0.842. The first-order valence-corrected chi connectivity index (χ1v) is 7.38. The highest BCUT2D eigenvalue weighted by Gasteiger charge is 2.14. The SMILES string of the molecule is O=C(NN=Cc1c(O)n(Cc2ccco2)c(=O)[nH]c1=O)c1ccncc1. The van der Waals surface area contributed by atoms with Crippen LogP contribution in [0.3, 0.4) is 0 Å². The number of aromatic hydroxyl groups is 1. The Kier molecular flexibility index (Phi) is 4.74. The number of aromatic nitrogens is 3. The first kappa shape index (κ1) is 16.9. The molecule has 3 N–H and O–H groups in total. The number of aromatic amines is 1. The van der Waals surface area contributed by atoms with Crippen LogP contribution >= 0.6 is 0 Å². The summed E-state index contributed by atoms with van der Waals surface area (Å²) in [4.78, 5) is 41.5. The molecular weight excluding hydrogens is 342 g/mol. The fourth-order valence-electron chi connectivity index (χ4n) is 2.12. The third-order valence-electron chi connectivity index (χ3n) is 3.40. The van der Waals surface area contributed by atoms with Gasteiger partial charge in [0.25, 0.3) is 11.5 Å². The molecular formula is C16H13N5O5. The third-order valence-corrected chi connectivity index (χ3v) is 3.40. The first-order valence-electron chi connectivity index (χ1n) is 7.38. The summed E-state index contributed by atoms with van der Waals surface area (Å²) in [7, 11) is 0. The number of pyridine rings is 1. The van der Waals surface area contributed by atoms with E-state index in [1.165, 1.54) is 30.8 Å². The fourth-order valence-corrected chi connectivity index (χ4v) is 2.12. The van der Waals surface area contributed by atoms with E-state index >= 15 is 0 Å². The van der Waals surface area contributed by atoms with Crippen molar-refractivity contribution in [1.82, 2.24) is 20.0 Å². The van der Waals surface area contributed by atoms with Crippen LogP contribution in [0.1, 0.15) is 21.7 Å². The maximum Gasteiger partial charge on any atom is 0.331 e. The van der Waals surface area contributed by atoms with E-state index in [-0.39, 0.29) is 12.1 Å². The van der Waals surface area contributed by atoms with E-state index in [1.807, 2.05) is 0 Å². The maximum atomic E-state index is 11.9. The standard InChI is InChI=1S/C16H13N5O5/c22-13(10-3-5-17-6-4-10)20-18-8-12-14(23)19-16(25)21(15(12)24)9-11-2-1-7-26-11/h1-8,24H,9H2,(H,20,22)(H,19,23,25). The average molecular weight is 355 g/mol. The topological polar surface area (TPSA) is 143 Å². The molecule has 26 heavy (non-hydrogen) atoms. The van der Waals surface area contributed by atoms with Crippen LogP contribution in [0.2, 0.25) is 0 Å². The molecule has 0 unspecified atom stereocenters. The van der Waals surface area contributed by atoms with Gasteiger partial charge in [0.2, 0.25) is 5.88 Å². The van der Waals surface area contributed by atoms with E-state index in [9.17, 15) is 19.5 Å². The molecule has 0 saturated heterocycles. The van der Waals surface area contributed by atoms with Crippen molar-refractivity contribution in [2.45, 2.75) is 6.54 Å². The Morgan fingerprint density at radius 1 is 1.35 bits per heavy atom. The molecule has 0 aliphatic carbocycles. The Balaban J connectivity index is 1.84. The Morgan fingerprint density at radius 2 is 2.12 bits per heavy atom. The Labute approximate surface area is 145 Å². The molecule has 10 heteroatoms. The molecule has 0 atom stereocenters. The molecule has 3 rings (SSSR count). The van der Waals surface area contributed by atoms with Gasteiger partial charge in [0, 0.05) is 18.0 Å². The lowest BCUT2D eigenvalue weighted by atomic mass is 10.3. The Morgan fingerprint density at radius 3 is 2.81 bits per heavy atom. The molecule has 10 nitrogen and oxygen atoms in total. The molecule has 0 aliphatic rings. The molecule has 0 aliphatic heterocycles. The van der Waals surface area contributed by atoms with E-state index in [2.05, 4.69) is 20.5 Å². The summed E-state index contributed by atoms with van der Waals surface area (Å²) in [5, 5.41) is 13.9. The molecule has 1 amide bonds. The molecule has 0 spiro atoms. The normalized spacial score (nSPS) is 10.9. The van der Waals surface area contributed by atoms with Crippen LogP contribution in [0.5, 0.6) is 5.88 Å². The lowest BCUT2D eigenvalue weighted by Gasteiger charge is -2.07. The number of hydrogen-bond donors (Lipinski definition) is 3. The monoisotopic (exact) mass is 355 g/mol. The molecule has 3 heterocycles. The second kappa shape index (κ2) is 7.30. The predicted molar refractivity (Wildman–Crippen MR) is 90.1 cm³/mol. The second-order valence-corrected chi connectivity index (χ2v) is 5.10. The number of amides is 1. The van der Waals surface area contributed by atoms with Crippen molar-refractivity contribution < 1.29 is 14.3 Å². The number of rotatable bonds is 5. The number of nitrogens with zero attached hydrogens (tertiary/aromatic N) is 3. The molecule has 0 radical (unpaired) electrons. The number of nitrogens with one attached hydrogen (secondary N) is 2. The van der Waals surface area contributed by atoms with Crippen LogP contribution in [-0.4, -0.2) is 31.8 Å². The average Bonchev–Trinajstić information content (AvgIpc) is 3.15. The molecule has 0 fully saturated rings. The minimum Gasteiger partial charge on any atom is -0.494 e. The smallest absolute Gasteiger partial charge is 0.331 e. The zero-order chi connectivity index (χ0) is 18.5. The second-order valence-electron chi connectivity index (χ2n) is 5.10. The minimum absolute atomic E-state index is 0.0847. The van der Waals surface area contributed by atoms with Gasteiger partial charge in [0.1, 0.15) is 11.3 Å². The molecule has 132 valence electrons. The van der Waals surface area contributed by atoms with E-state index in [4.69, 9.17) is 4.42 Å². The van der Waals surface area contributed by atoms with Crippen molar-refractivity contribution in [2.75, 3.05) is 0 Å². The van der Waals surface area contributed by atoms with E-state index in [0.29, 0.717) is 11.3 Å². The number of carbonyl (C=O) groups excluding carboxylic acids is 1. The van der Waals surface area contributed by atoms with Crippen molar-refractivity contribution >= 4 is 12.1 Å². The summed E-state index contributed by atoms with van der Waals surface area (Å²) in [6.45, 7) is -0.0847. The maximum absolute atomic E-state index is 11.9. The molecule has 0 bridgehead atoms. The Bertz CT molecular complexity index is 1050. The van der Waals surface area contributed by atoms with Crippen LogP contribution < -0.4 is 16.7 Å². The van der Waals surface area contributed by atoms with Crippen LogP contribution in [0.25, 0.3) is 0 Å².